The normalized spacial score (nSPS) is 38.0. The lowest BCUT2D eigenvalue weighted by Crippen LogP contribution is -3.00. The van der Waals surface area contributed by atoms with Crippen molar-refractivity contribution in [2.45, 2.75) is 62.5 Å². The van der Waals surface area contributed by atoms with Crippen molar-refractivity contribution in [2.24, 2.45) is 0 Å². The minimum Gasteiger partial charge on any atom is -1.00 e. The van der Waals surface area contributed by atoms with E-state index in [4.69, 9.17) is 9.47 Å². The van der Waals surface area contributed by atoms with Crippen LogP contribution in [0, 0.1) is 0 Å². The Morgan fingerprint density at radius 1 is 1.27 bits per heavy atom. The predicted molar refractivity (Wildman–Crippen MR) is 93.0 cm³/mol. The molecule has 5 nitrogen and oxygen atoms in total. The van der Waals surface area contributed by atoms with Crippen molar-refractivity contribution in [3.05, 3.63) is 35.9 Å². The number of carbonyl (C=O) groups excluding carboxylic acids is 1. The molecule has 3 fully saturated rings. The third-order valence-electron chi connectivity index (χ3n) is 6.50. The minimum absolute atomic E-state index is 0. The number of rotatable bonds is 6. The van der Waals surface area contributed by atoms with Gasteiger partial charge in [-0.05, 0) is 12.0 Å². The number of piperidine rings is 1. The van der Waals surface area contributed by atoms with Crippen molar-refractivity contribution in [1.29, 1.82) is 0 Å². The average Bonchev–Trinajstić information content (AvgIpc) is 3.35. The summed E-state index contributed by atoms with van der Waals surface area (Å²) >= 11 is 0. The molecule has 26 heavy (non-hydrogen) atoms. The van der Waals surface area contributed by atoms with E-state index in [2.05, 4.69) is 14.0 Å². The second-order valence-corrected chi connectivity index (χ2v) is 7.95. The van der Waals surface area contributed by atoms with Gasteiger partial charge in [-0.15, -0.1) is 0 Å². The van der Waals surface area contributed by atoms with Crippen LogP contribution in [0.2, 0.25) is 0 Å². The first-order valence-electron chi connectivity index (χ1n) is 9.45. The standard InChI is InChI=1S/C20H28NO4.BrH/c1-3-9-21(2)16-10-14(11-17(21)19-18(16)25-19)24-20(23)15(12-22)13-7-5-4-6-8-13;/h4-8,14-19,22H,3,9-12H2,1-2H3;1H/q+1;/p-1/t14?,15-,16?,17?,18-,19+,21?;/m1./s1. The number of epoxide rings is 1. The number of carbonyl (C=O) groups is 1. The van der Waals surface area contributed by atoms with E-state index in [0.717, 1.165) is 35.9 Å². The number of halogens is 1. The van der Waals surface area contributed by atoms with E-state index in [9.17, 15) is 9.90 Å². The number of aliphatic hydroxyl groups is 1. The Bertz CT molecular complexity index is 622. The number of morpholine rings is 1. The first kappa shape index (κ1) is 19.8. The fraction of sp³-hybridized carbons (Fsp3) is 0.650. The third kappa shape index (κ3) is 3.21. The third-order valence-corrected chi connectivity index (χ3v) is 6.50. The van der Waals surface area contributed by atoms with Crippen molar-refractivity contribution in [3.8, 4) is 0 Å². The van der Waals surface area contributed by atoms with E-state index in [-0.39, 0.29) is 35.7 Å². The van der Waals surface area contributed by atoms with Gasteiger partial charge in [0, 0.05) is 12.8 Å². The smallest absolute Gasteiger partial charge is 0.316 e. The van der Waals surface area contributed by atoms with Crippen LogP contribution < -0.4 is 17.0 Å². The van der Waals surface area contributed by atoms with Gasteiger partial charge in [0.1, 0.15) is 36.3 Å². The fourth-order valence-electron chi connectivity index (χ4n) is 5.21. The van der Waals surface area contributed by atoms with Gasteiger partial charge >= 0.3 is 5.97 Å². The molecule has 0 spiro atoms. The largest absolute Gasteiger partial charge is 1.00 e. The molecule has 4 rings (SSSR count). The molecule has 6 heteroatoms. The molecule has 0 amide bonds. The first-order chi connectivity index (χ1) is 12.1. The summed E-state index contributed by atoms with van der Waals surface area (Å²) in [6, 6.07) is 10.3. The highest BCUT2D eigenvalue weighted by Gasteiger charge is 2.71. The van der Waals surface area contributed by atoms with Gasteiger partial charge < -0.3 is 36.0 Å². The van der Waals surface area contributed by atoms with Crippen LogP contribution in [0.15, 0.2) is 30.3 Å². The van der Waals surface area contributed by atoms with Crippen LogP contribution in [0.5, 0.6) is 0 Å². The van der Waals surface area contributed by atoms with Crippen LogP contribution in [-0.4, -0.2) is 66.2 Å². The van der Waals surface area contributed by atoms with E-state index < -0.39 is 5.92 Å². The van der Waals surface area contributed by atoms with Gasteiger partial charge in [0.25, 0.3) is 0 Å². The number of esters is 1. The Labute approximate surface area is 165 Å². The number of nitrogens with zero attached hydrogens (tertiary/aromatic N) is 1. The number of hydrogen-bond acceptors (Lipinski definition) is 4. The summed E-state index contributed by atoms with van der Waals surface area (Å²) in [6.45, 7) is 3.17. The zero-order valence-electron chi connectivity index (χ0n) is 15.4. The Morgan fingerprint density at radius 2 is 1.88 bits per heavy atom. The minimum atomic E-state index is -0.594. The molecule has 4 unspecified atom stereocenters. The summed E-state index contributed by atoms with van der Waals surface area (Å²) in [5.41, 5.74) is 0.812. The lowest BCUT2D eigenvalue weighted by molar-refractivity contribution is -0.956. The number of aliphatic hydroxyl groups excluding tert-OH is 1. The molecule has 3 saturated heterocycles. The van der Waals surface area contributed by atoms with E-state index in [1.807, 2.05) is 30.3 Å². The van der Waals surface area contributed by atoms with Gasteiger partial charge in [-0.2, -0.15) is 0 Å². The molecule has 2 bridgehead atoms. The second kappa shape index (κ2) is 7.58. The van der Waals surface area contributed by atoms with Gasteiger partial charge in [0.15, 0.2) is 0 Å². The maximum absolute atomic E-state index is 12.6. The van der Waals surface area contributed by atoms with Crippen LogP contribution in [-0.2, 0) is 14.3 Å². The van der Waals surface area contributed by atoms with Crippen molar-refractivity contribution < 1.29 is 40.8 Å². The highest BCUT2D eigenvalue weighted by molar-refractivity contribution is 5.78. The second-order valence-electron chi connectivity index (χ2n) is 7.95. The monoisotopic (exact) mass is 425 g/mol. The molecule has 0 radical (unpaired) electrons. The summed E-state index contributed by atoms with van der Waals surface area (Å²) in [5, 5.41) is 9.67. The summed E-state index contributed by atoms with van der Waals surface area (Å²) in [5.74, 6) is -0.901. The molecular weight excluding hydrogens is 398 g/mol. The molecule has 1 aromatic carbocycles. The van der Waals surface area contributed by atoms with E-state index in [1.165, 1.54) is 0 Å². The number of hydrogen-bond donors (Lipinski definition) is 1. The average molecular weight is 426 g/mol. The predicted octanol–water partition coefficient (Wildman–Crippen LogP) is -1.15. The molecule has 0 saturated carbocycles. The Morgan fingerprint density at radius 3 is 2.42 bits per heavy atom. The molecular formula is C20H28BrNO4. The van der Waals surface area contributed by atoms with Crippen molar-refractivity contribution in [2.75, 3.05) is 20.2 Å². The maximum atomic E-state index is 12.6. The van der Waals surface area contributed by atoms with Gasteiger partial charge in [0.05, 0.1) is 20.2 Å². The Kier molecular flexibility index (Phi) is 5.78. The number of fused-ring (bicyclic) bond motifs is 5. The summed E-state index contributed by atoms with van der Waals surface area (Å²) in [4.78, 5) is 12.6. The lowest BCUT2D eigenvalue weighted by atomic mass is 9.94. The summed E-state index contributed by atoms with van der Waals surface area (Å²) in [6.07, 6.45) is 3.55. The SMILES string of the molecule is CCC[N+]1(C)C2CC(OC(=O)[C@H](CO)c3ccccc3)CC1[C@@H]1O[C@H]21.[Br-]. The summed E-state index contributed by atoms with van der Waals surface area (Å²) in [7, 11) is 2.34. The topological polar surface area (TPSA) is 59.1 Å². The lowest BCUT2D eigenvalue weighted by Gasteiger charge is -2.48. The zero-order valence-corrected chi connectivity index (χ0v) is 17.0. The van der Waals surface area contributed by atoms with Gasteiger partial charge in [0.2, 0.25) is 0 Å². The van der Waals surface area contributed by atoms with Crippen molar-refractivity contribution in [3.63, 3.8) is 0 Å². The van der Waals surface area contributed by atoms with Crippen LogP contribution >= 0.6 is 0 Å². The molecule has 0 aliphatic carbocycles. The van der Waals surface area contributed by atoms with Crippen LogP contribution in [0.1, 0.15) is 37.7 Å². The maximum Gasteiger partial charge on any atom is 0.316 e. The van der Waals surface area contributed by atoms with Gasteiger partial charge in [-0.3, -0.25) is 4.79 Å². The molecule has 3 heterocycles. The Hall–Kier alpha value is -0.950. The number of ether oxygens (including phenoxy) is 2. The molecule has 0 aromatic heterocycles. The van der Waals surface area contributed by atoms with E-state index >= 15 is 0 Å². The van der Waals surface area contributed by atoms with Crippen molar-refractivity contribution in [1.82, 2.24) is 0 Å². The zero-order chi connectivity index (χ0) is 17.6. The first-order valence-corrected chi connectivity index (χ1v) is 9.45. The van der Waals surface area contributed by atoms with E-state index in [0.29, 0.717) is 24.3 Å². The van der Waals surface area contributed by atoms with Gasteiger partial charge in [-0.25, -0.2) is 0 Å². The molecule has 3 aliphatic rings. The van der Waals surface area contributed by atoms with E-state index in [1.54, 1.807) is 0 Å². The fourth-order valence-corrected chi connectivity index (χ4v) is 5.21. The highest BCUT2D eigenvalue weighted by atomic mass is 79.9. The molecule has 1 N–H and O–H groups in total. The molecule has 1 aromatic rings. The van der Waals surface area contributed by atoms with Crippen LogP contribution in [0.25, 0.3) is 0 Å². The molecule has 144 valence electrons. The van der Waals surface area contributed by atoms with Crippen LogP contribution in [0.3, 0.4) is 0 Å². The quantitative estimate of drug-likeness (QED) is 0.355. The van der Waals surface area contributed by atoms with Crippen molar-refractivity contribution >= 4 is 5.97 Å². The molecule has 3 aliphatic heterocycles. The van der Waals surface area contributed by atoms with Gasteiger partial charge in [-0.1, -0.05) is 37.3 Å². The Balaban J connectivity index is 0.00000196. The van der Waals surface area contributed by atoms with Crippen LogP contribution in [0.4, 0.5) is 0 Å². The molecule has 7 atom stereocenters. The number of likely N-dealkylation sites (N-methyl/N-ethyl adjacent to an activating group) is 1. The number of benzene rings is 1. The number of quaternary nitrogens is 1. The highest BCUT2D eigenvalue weighted by Crippen LogP contribution is 2.52. The summed E-state index contributed by atoms with van der Waals surface area (Å²) < 4.78 is 12.8.